The number of hydrogen-bond acceptors (Lipinski definition) is 5. The van der Waals surface area contributed by atoms with E-state index in [1.807, 2.05) is 38.1 Å². The Morgan fingerprint density at radius 1 is 1.43 bits per heavy atom. The van der Waals surface area contributed by atoms with Crippen LogP contribution in [0.25, 0.3) is 0 Å². The molecule has 2 rings (SSSR count). The van der Waals surface area contributed by atoms with Crippen molar-refractivity contribution in [1.29, 1.82) is 5.26 Å². The summed E-state index contributed by atoms with van der Waals surface area (Å²) >= 11 is 0. The monoisotopic (exact) mass is 315 g/mol. The Kier molecular flexibility index (Phi) is 5.61. The average molecular weight is 315 g/mol. The third-order valence-electron chi connectivity index (χ3n) is 3.51. The fraction of sp³-hybridized carbons (Fsp3) is 0.412. The van der Waals surface area contributed by atoms with Crippen molar-refractivity contribution in [2.24, 2.45) is 0 Å². The van der Waals surface area contributed by atoms with E-state index in [-0.39, 0.29) is 23.7 Å². The number of anilines is 1. The fourth-order valence-electron chi connectivity index (χ4n) is 2.52. The first-order chi connectivity index (χ1) is 11.0. The summed E-state index contributed by atoms with van der Waals surface area (Å²) in [5.41, 5.74) is 0.808. The largest absolute Gasteiger partial charge is 0.497 e. The molecule has 0 aromatic heterocycles. The number of ether oxygens (including phenoxy) is 2. The lowest BCUT2D eigenvalue weighted by atomic mass is 10.2. The second-order valence-corrected chi connectivity index (χ2v) is 5.51. The maximum atomic E-state index is 12.5. The van der Waals surface area contributed by atoms with E-state index in [4.69, 9.17) is 9.47 Å². The molecular formula is C17H21N3O3. The molecule has 1 N–H and O–H groups in total. The number of hydrogen-bond donors (Lipinski definition) is 1. The van der Waals surface area contributed by atoms with Crippen LogP contribution in [0.3, 0.4) is 0 Å². The summed E-state index contributed by atoms with van der Waals surface area (Å²) in [6.45, 7) is 4.81. The molecule has 2 unspecified atom stereocenters. The Morgan fingerprint density at radius 3 is 2.74 bits per heavy atom. The summed E-state index contributed by atoms with van der Waals surface area (Å²) in [6, 6.07) is 9.23. The van der Waals surface area contributed by atoms with Crippen molar-refractivity contribution < 1.29 is 14.3 Å². The van der Waals surface area contributed by atoms with Crippen LogP contribution in [0.2, 0.25) is 0 Å². The minimum atomic E-state index is -0.287. The van der Waals surface area contributed by atoms with Crippen molar-refractivity contribution in [2.75, 3.05) is 25.5 Å². The van der Waals surface area contributed by atoms with Crippen molar-refractivity contribution in [1.82, 2.24) is 4.90 Å². The Morgan fingerprint density at radius 2 is 2.13 bits per heavy atom. The van der Waals surface area contributed by atoms with Gasteiger partial charge in [0.05, 0.1) is 19.3 Å². The normalized spacial score (nSPS) is 21.5. The van der Waals surface area contributed by atoms with Gasteiger partial charge in [-0.05, 0) is 26.0 Å². The van der Waals surface area contributed by atoms with Crippen LogP contribution in [0.4, 0.5) is 5.69 Å². The van der Waals surface area contributed by atoms with E-state index in [0.717, 1.165) is 5.69 Å². The molecule has 0 saturated carbocycles. The molecule has 0 radical (unpaired) electrons. The van der Waals surface area contributed by atoms with Crippen LogP contribution in [0, 0.1) is 11.3 Å². The molecular weight excluding hydrogens is 294 g/mol. The Labute approximate surface area is 136 Å². The highest BCUT2D eigenvalue weighted by molar-refractivity contribution is 5.97. The smallest absolute Gasteiger partial charge is 0.266 e. The molecule has 6 heteroatoms. The lowest BCUT2D eigenvalue weighted by molar-refractivity contribution is -0.138. The van der Waals surface area contributed by atoms with E-state index in [1.54, 1.807) is 18.1 Å². The van der Waals surface area contributed by atoms with E-state index >= 15 is 0 Å². The number of amides is 1. The van der Waals surface area contributed by atoms with Crippen LogP contribution < -0.4 is 10.1 Å². The van der Waals surface area contributed by atoms with Gasteiger partial charge in [-0.25, -0.2) is 0 Å². The van der Waals surface area contributed by atoms with Crippen LogP contribution >= 0.6 is 0 Å². The van der Waals surface area contributed by atoms with Crippen molar-refractivity contribution in [3.8, 4) is 11.8 Å². The first-order valence-corrected chi connectivity index (χ1v) is 7.49. The SMILES string of the molecule is COc1cccc(N/C=C(/C#N)C(=O)N2CC(C)OC(C)C2)c1. The molecule has 1 heterocycles. The second-order valence-electron chi connectivity index (χ2n) is 5.51. The number of methoxy groups -OCH3 is 1. The Balaban J connectivity index is 2.08. The van der Waals surface area contributed by atoms with E-state index < -0.39 is 0 Å². The number of nitriles is 1. The lowest BCUT2D eigenvalue weighted by Crippen LogP contribution is -2.48. The van der Waals surface area contributed by atoms with Crippen molar-refractivity contribution in [3.63, 3.8) is 0 Å². The second kappa shape index (κ2) is 7.65. The van der Waals surface area contributed by atoms with Crippen LogP contribution in [0.5, 0.6) is 5.75 Å². The number of rotatable bonds is 4. The molecule has 1 aliphatic heterocycles. The van der Waals surface area contributed by atoms with Gasteiger partial charge in [-0.3, -0.25) is 4.79 Å². The van der Waals surface area contributed by atoms with E-state index in [9.17, 15) is 10.1 Å². The first kappa shape index (κ1) is 16.8. The van der Waals surface area contributed by atoms with Gasteiger partial charge in [0.1, 0.15) is 17.4 Å². The minimum Gasteiger partial charge on any atom is -0.497 e. The highest BCUT2D eigenvalue weighted by atomic mass is 16.5. The molecule has 0 spiro atoms. The predicted molar refractivity (Wildman–Crippen MR) is 86.9 cm³/mol. The molecule has 1 aromatic carbocycles. The van der Waals surface area contributed by atoms with E-state index in [1.165, 1.54) is 6.20 Å². The van der Waals surface area contributed by atoms with Gasteiger partial charge in [-0.15, -0.1) is 0 Å². The van der Waals surface area contributed by atoms with Gasteiger partial charge in [0, 0.05) is 31.0 Å². The van der Waals surface area contributed by atoms with Gasteiger partial charge in [0.25, 0.3) is 5.91 Å². The highest BCUT2D eigenvalue weighted by Gasteiger charge is 2.27. The predicted octanol–water partition coefficient (Wildman–Crippen LogP) is 2.15. The topological polar surface area (TPSA) is 74.6 Å². The van der Waals surface area contributed by atoms with E-state index in [0.29, 0.717) is 18.8 Å². The number of nitrogens with one attached hydrogen (secondary N) is 1. The number of morpholine rings is 1. The summed E-state index contributed by atoms with van der Waals surface area (Å²) < 4.78 is 10.7. The molecule has 0 aliphatic carbocycles. The zero-order valence-electron chi connectivity index (χ0n) is 13.6. The molecule has 122 valence electrons. The molecule has 23 heavy (non-hydrogen) atoms. The van der Waals surface area contributed by atoms with Gasteiger partial charge in [-0.2, -0.15) is 5.26 Å². The third-order valence-corrected chi connectivity index (χ3v) is 3.51. The Hall–Kier alpha value is -2.52. The van der Waals surface area contributed by atoms with Crippen LogP contribution in [0.15, 0.2) is 36.0 Å². The molecule has 2 atom stereocenters. The van der Waals surface area contributed by atoms with Crippen molar-refractivity contribution in [3.05, 3.63) is 36.0 Å². The fourth-order valence-corrected chi connectivity index (χ4v) is 2.52. The zero-order valence-corrected chi connectivity index (χ0v) is 13.6. The summed E-state index contributed by atoms with van der Waals surface area (Å²) in [6.07, 6.45) is 1.37. The van der Waals surface area contributed by atoms with Crippen molar-refractivity contribution >= 4 is 11.6 Å². The molecule has 1 saturated heterocycles. The molecule has 1 aromatic rings. The molecule has 1 amide bonds. The summed E-state index contributed by atoms with van der Waals surface area (Å²) in [5, 5.41) is 12.2. The summed E-state index contributed by atoms with van der Waals surface area (Å²) in [5.74, 6) is 0.411. The maximum absolute atomic E-state index is 12.5. The highest BCUT2D eigenvalue weighted by Crippen LogP contribution is 2.18. The van der Waals surface area contributed by atoms with Crippen LogP contribution in [-0.2, 0) is 9.53 Å². The molecule has 1 aliphatic rings. The van der Waals surface area contributed by atoms with Gasteiger partial charge in [0.15, 0.2) is 0 Å². The van der Waals surface area contributed by atoms with Crippen LogP contribution in [-0.4, -0.2) is 43.2 Å². The van der Waals surface area contributed by atoms with Gasteiger partial charge in [-0.1, -0.05) is 6.07 Å². The van der Waals surface area contributed by atoms with Gasteiger partial charge in [0.2, 0.25) is 0 Å². The van der Waals surface area contributed by atoms with E-state index in [2.05, 4.69) is 5.32 Å². The molecule has 0 bridgehead atoms. The van der Waals surface area contributed by atoms with Crippen molar-refractivity contribution in [2.45, 2.75) is 26.1 Å². The molecule has 6 nitrogen and oxygen atoms in total. The standard InChI is InChI=1S/C17H21N3O3/c1-12-10-20(11-13(2)23-12)17(21)14(8-18)9-19-15-5-4-6-16(7-15)22-3/h4-7,9,12-13,19H,10-11H2,1-3H3/b14-9-. The number of carbonyl (C=O) groups is 1. The third kappa shape index (κ3) is 4.47. The number of carbonyl (C=O) groups excluding carboxylic acids is 1. The molecule has 1 fully saturated rings. The zero-order chi connectivity index (χ0) is 16.8. The minimum absolute atomic E-state index is 0.0333. The average Bonchev–Trinajstić information content (AvgIpc) is 2.54. The quantitative estimate of drug-likeness (QED) is 0.681. The maximum Gasteiger partial charge on any atom is 0.266 e. The summed E-state index contributed by atoms with van der Waals surface area (Å²) in [7, 11) is 1.58. The van der Waals surface area contributed by atoms with Crippen LogP contribution in [0.1, 0.15) is 13.8 Å². The Bertz CT molecular complexity index is 626. The number of benzene rings is 1. The number of nitrogens with zero attached hydrogens (tertiary/aromatic N) is 2. The first-order valence-electron chi connectivity index (χ1n) is 7.49. The van der Waals surface area contributed by atoms with Gasteiger partial charge >= 0.3 is 0 Å². The van der Waals surface area contributed by atoms with Gasteiger partial charge < -0.3 is 19.7 Å². The summed E-state index contributed by atoms with van der Waals surface area (Å²) in [4.78, 5) is 14.1. The lowest BCUT2D eigenvalue weighted by Gasteiger charge is -2.35.